The van der Waals surface area contributed by atoms with Crippen molar-refractivity contribution in [2.24, 2.45) is 52.3 Å². The van der Waals surface area contributed by atoms with Crippen LogP contribution in [0.15, 0.2) is 0 Å². The van der Waals surface area contributed by atoms with Gasteiger partial charge in [-0.2, -0.15) is 0 Å². The van der Waals surface area contributed by atoms with Crippen molar-refractivity contribution in [2.45, 2.75) is 52.4 Å². The van der Waals surface area contributed by atoms with Crippen LogP contribution in [-0.2, 0) is 9.53 Å². The van der Waals surface area contributed by atoms with E-state index in [1.165, 1.54) is 19.3 Å². The summed E-state index contributed by atoms with van der Waals surface area (Å²) in [5, 5.41) is 0. The summed E-state index contributed by atoms with van der Waals surface area (Å²) in [6, 6.07) is 0. The van der Waals surface area contributed by atoms with Crippen molar-refractivity contribution < 1.29 is 9.53 Å². The van der Waals surface area contributed by atoms with Crippen LogP contribution in [0.2, 0.25) is 0 Å². The quantitative estimate of drug-likeness (QED) is 0.583. The molecule has 0 aromatic rings. The molecular weight excluding hydrogens is 284 g/mol. The molecule has 0 spiro atoms. The topological polar surface area (TPSA) is 26.3 Å². The summed E-state index contributed by atoms with van der Waals surface area (Å²) in [6.45, 7) is 4.81. The predicted octanol–water partition coefficient (Wildman–Crippen LogP) is 3.90. The third-order valence-electron chi connectivity index (χ3n) is 8.35. The molecule has 7 rings (SSSR count). The lowest BCUT2D eigenvalue weighted by Gasteiger charge is -2.73. The van der Waals surface area contributed by atoms with Gasteiger partial charge in [0.2, 0.25) is 0 Å². The van der Waals surface area contributed by atoms with Gasteiger partial charge >= 0.3 is 5.97 Å². The molecule has 0 radical (unpaired) electrons. The van der Waals surface area contributed by atoms with E-state index in [2.05, 4.69) is 19.8 Å². The number of carbonyl (C=O) groups is 1. The van der Waals surface area contributed by atoms with Gasteiger partial charge in [0.05, 0.1) is 12.0 Å². The molecule has 0 N–H and O–H groups in total. The lowest BCUT2D eigenvalue weighted by molar-refractivity contribution is -0.249. The minimum Gasteiger partial charge on any atom is -0.465 e. The summed E-state index contributed by atoms with van der Waals surface area (Å²) in [5.74, 6) is 8.48. The monoisotopic (exact) mass is 312 g/mol. The van der Waals surface area contributed by atoms with Gasteiger partial charge in [0, 0.05) is 5.41 Å². The third-order valence-corrected chi connectivity index (χ3v) is 8.35. The largest absolute Gasteiger partial charge is 0.465 e. The molecule has 0 unspecified atom stereocenters. The van der Waals surface area contributed by atoms with Crippen molar-refractivity contribution in [3.05, 3.63) is 0 Å². The van der Waals surface area contributed by atoms with Crippen LogP contribution in [-0.4, -0.2) is 12.6 Å². The van der Waals surface area contributed by atoms with Crippen LogP contribution in [0.3, 0.4) is 0 Å². The standard InChI is InChI=1S/C21H28O2/c1-4-20-5-13-16-8-21(19(22)23-11-12(2)3)9-17(13)15(7-20)18(10-21)14(16)6-20/h1,12-18H,5-11H2,2-3H3. The Morgan fingerprint density at radius 3 is 1.83 bits per heavy atom. The zero-order chi connectivity index (χ0) is 16.0. The molecule has 0 amide bonds. The molecule has 0 aliphatic heterocycles. The number of esters is 1. The number of terminal acetylenes is 1. The van der Waals surface area contributed by atoms with Gasteiger partial charge in [-0.15, -0.1) is 6.42 Å². The van der Waals surface area contributed by atoms with Crippen molar-refractivity contribution >= 4 is 5.97 Å². The van der Waals surface area contributed by atoms with Crippen molar-refractivity contribution in [2.75, 3.05) is 6.61 Å². The number of carbonyl (C=O) groups excluding carboxylic acids is 1. The minimum absolute atomic E-state index is 0.130. The Bertz CT molecular complexity index is 532. The highest BCUT2D eigenvalue weighted by molar-refractivity contribution is 5.77. The highest BCUT2D eigenvalue weighted by Gasteiger charge is 2.71. The Morgan fingerprint density at radius 2 is 1.43 bits per heavy atom. The normalized spacial score (nSPS) is 54.5. The van der Waals surface area contributed by atoms with Crippen LogP contribution in [0.25, 0.3) is 0 Å². The van der Waals surface area contributed by atoms with Gasteiger partial charge in [-0.1, -0.05) is 19.8 Å². The average molecular weight is 312 g/mol. The molecule has 0 heterocycles. The average Bonchev–Trinajstić information content (AvgIpc) is 2.56. The lowest BCUT2D eigenvalue weighted by Crippen LogP contribution is -2.68. The lowest BCUT2D eigenvalue weighted by atomic mass is 9.30. The minimum atomic E-state index is -0.133. The van der Waals surface area contributed by atoms with Crippen LogP contribution in [0.1, 0.15) is 52.4 Å². The highest BCUT2D eigenvalue weighted by Crippen LogP contribution is 2.76. The van der Waals surface area contributed by atoms with Crippen LogP contribution in [0.4, 0.5) is 0 Å². The molecule has 2 heteroatoms. The van der Waals surface area contributed by atoms with Gasteiger partial charge in [-0.25, -0.2) is 0 Å². The van der Waals surface area contributed by atoms with Gasteiger partial charge in [0.25, 0.3) is 0 Å². The molecule has 124 valence electrons. The van der Waals surface area contributed by atoms with E-state index in [0.717, 1.165) is 54.8 Å². The Kier molecular flexibility index (Phi) is 2.72. The smallest absolute Gasteiger partial charge is 0.312 e. The van der Waals surface area contributed by atoms with E-state index in [1.807, 2.05) is 0 Å². The SMILES string of the molecule is C#CC12CC3C4CC5(C(=O)OCC(C)C)CC3C(C1)C(C5)C4C2. The second-order valence-electron chi connectivity index (χ2n) is 9.91. The summed E-state index contributed by atoms with van der Waals surface area (Å²) >= 11 is 0. The molecule has 7 aliphatic carbocycles. The van der Waals surface area contributed by atoms with E-state index in [0.29, 0.717) is 12.5 Å². The number of hydrogen-bond acceptors (Lipinski definition) is 2. The van der Waals surface area contributed by atoms with Gasteiger partial charge in [0.1, 0.15) is 0 Å². The first kappa shape index (κ1) is 14.4. The highest BCUT2D eigenvalue weighted by atomic mass is 16.5. The first-order chi connectivity index (χ1) is 11.0. The fourth-order valence-electron chi connectivity index (χ4n) is 7.75. The molecular formula is C21H28O2. The van der Waals surface area contributed by atoms with E-state index in [-0.39, 0.29) is 16.8 Å². The van der Waals surface area contributed by atoms with E-state index in [1.54, 1.807) is 0 Å². The predicted molar refractivity (Wildman–Crippen MR) is 88.1 cm³/mol. The second-order valence-corrected chi connectivity index (χ2v) is 9.91. The summed E-state index contributed by atoms with van der Waals surface area (Å²) < 4.78 is 5.73. The number of rotatable bonds is 3. The third kappa shape index (κ3) is 1.70. The fraction of sp³-hybridized carbons (Fsp3) is 0.857. The van der Waals surface area contributed by atoms with Crippen molar-refractivity contribution in [1.29, 1.82) is 0 Å². The van der Waals surface area contributed by atoms with E-state index in [9.17, 15) is 4.79 Å². The van der Waals surface area contributed by atoms with Gasteiger partial charge in [0.15, 0.2) is 0 Å². The molecule has 7 saturated carbocycles. The molecule has 7 aliphatic rings. The van der Waals surface area contributed by atoms with Crippen molar-refractivity contribution in [1.82, 2.24) is 0 Å². The molecule has 2 nitrogen and oxygen atoms in total. The van der Waals surface area contributed by atoms with Gasteiger partial charge in [-0.05, 0) is 80.0 Å². The van der Waals surface area contributed by atoms with Crippen LogP contribution in [0.5, 0.6) is 0 Å². The van der Waals surface area contributed by atoms with Crippen LogP contribution in [0, 0.1) is 64.6 Å². The molecule has 0 aromatic carbocycles. The Hall–Kier alpha value is -0.970. The summed E-state index contributed by atoms with van der Waals surface area (Å²) in [7, 11) is 0. The van der Waals surface area contributed by atoms with Gasteiger partial charge in [-0.3, -0.25) is 4.79 Å². The van der Waals surface area contributed by atoms with Crippen LogP contribution < -0.4 is 0 Å². The summed E-state index contributed by atoms with van der Waals surface area (Å²) in [4.78, 5) is 12.9. The Morgan fingerprint density at radius 1 is 1.00 bits per heavy atom. The maximum atomic E-state index is 12.9. The summed E-state index contributed by atoms with van der Waals surface area (Å²) in [6.07, 6.45) is 13.0. The van der Waals surface area contributed by atoms with Crippen molar-refractivity contribution in [3.8, 4) is 12.3 Å². The second kappa shape index (κ2) is 4.35. The maximum Gasteiger partial charge on any atom is 0.312 e. The van der Waals surface area contributed by atoms with E-state index in [4.69, 9.17) is 11.2 Å². The molecule has 7 fully saturated rings. The van der Waals surface area contributed by atoms with Gasteiger partial charge < -0.3 is 4.74 Å². The Labute approximate surface area is 139 Å². The van der Waals surface area contributed by atoms with E-state index < -0.39 is 0 Å². The number of ether oxygens (including phenoxy) is 1. The molecule has 0 aromatic heterocycles. The van der Waals surface area contributed by atoms with E-state index >= 15 is 0 Å². The fourth-order valence-corrected chi connectivity index (χ4v) is 7.75. The summed E-state index contributed by atoms with van der Waals surface area (Å²) in [5.41, 5.74) is 0.0882. The molecule has 8 bridgehead atoms. The zero-order valence-corrected chi connectivity index (χ0v) is 14.4. The molecule has 0 saturated heterocycles. The number of hydrogen-bond donors (Lipinski definition) is 0. The van der Waals surface area contributed by atoms with Crippen molar-refractivity contribution in [3.63, 3.8) is 0 Å². The van der Waals surface area contributed by atoms with Crippen LogP contribution >= 0.6 is 0 Å². The first-order valence-electron chi connectivity index (χ1n) is 9.62. The zero-order valence-electron chi connectivity index (χ0n) is 14.4. The molecule has 23 heavy (non-hydrogen) atoms. The molecule has 0 atom stereocenters. The maximum absolute atomic E-state index is 12.9. The first-order valence-corrected chi connectivity index (χ1v) is 9.62. The Balaban J connectivity index is 1.45.